The molecule has 0 heterocycles. The van der Waals surface area contributed by atoms with Crippen molar-refractivity contribution in [3.05, 3.63) is 70.8 Å². The van der Waals surface area contributed by atoms with Crippen LogP contribution < -0.4 is 5.32 Å². The summed E-state index contributed by atoms with van der Waals surface area (Å²) in [6, 6.07) is 13.3. The molecule has 0 aliphatic heterocycles. The summed E-state index contributed by atoms with van der Waals surface area (Å²) in [6.45, 7) is 6.30. The van der Waals surface area contributed by atoms with Crippen LogP contribution in [-0.2, 0) is 9.53 Å². The van der Waals surface area contributed by atoms with Gasteiger partial charge in [0.15, 0.2) is 0 Å². The van der Waals surface area contributed by atoms with Crippen molar-refractivity contribution < 1.29 is 14.5 Å². The van der Waals surface area contributed by atoms with Gasteiger partial charge in [-0.05, 0) is 56.2 Å². The van der Waals surface area contributed by atoms with Crippen LogP contribution in [0.15, 0.2) is 70.9 Å². The lowest BCUT2D eigenvalue weighted by molar-refractivity contribution is -0.384. The molecule has 0 fully saturated rings. The molecule has 0 saturated carbocycles. The van der Waals surface area contributed by atoms with Gasteiger partial charge in [-0.1, -0.05) is 6.58 Å². The zero-order chi connectivity index (χ0) is 20.4. The highest BCUT2D eigenvalue weighted by atomic mass is 16.6. The number of carbonyl (C=O) groups excluding carboxylic acids is 1. The molecule has 0 unspecified atom stereocenters. The number of benzene rings is 2. The predicted octanol–water partition coefficient (Wildman–Crippen LogP) is 5.32. The fourth-order valence-electron chi connectivity index (χ4n) is 2.15. The number of nitrogens with zero attached hydrogens (tertiary/aromatic N) is 3. The normalized spacial score (nSPS) is 10.6. The van der Waals surface area contributed by atoms with Gasteiger partial charge in [0.1, 0.15) is 0 Å². The van der Waals surface area contributed by atoms with E-state index in [0.717, 1.165) is 25.1 Å². The summed E-state index contributed by atoms with van der Waals surface area (Å²) < 4.78 is 5.03. The molecule has 0 bridgehead atoms. The summed E-state index contributed by atoms with van der Waals surface area (Å²) in [5, 5.41) is 22.1. The minimum Gasteiger partial charge on any atom is -0.462 e. The van der Waals surface area contributed by atoms with Gasteiger partial charge in [-0.2, -0.15) is 10.2 Å². The topological polar surface area (TPSA) is 106 Å². The maximum atomic E-state index is 11.2. The average molecular weight is 382 g/mol. The molecule has 0 aliphatic rings. The molecular formula is C20H22N4O4. The Bertz CT molecular complexity index is 846. The van der Waals surface area contributed by atoms with Crippen molar-refractivity contribution in [2.75, 3.05) is 18.5 Å². The Morgan fingerprint density at radius 3 is 2.18 bits per heavy atom. The number of nitro benzene ring substituents is 1. The number of nitro groups is 1. The van der Waals surface area contributed by atoms with Crippen LogP contribution in [0, 0.1) is 10.1 Å². The standard InChI is InChI=1S/C20H22N4O4/c1-15(2)20(25)28-14-4-3-13-21-16-5-7-17(8-6-16)22-23-18-9-11-19(12-10-18)24(26)27/h5-12,21H,1,3-4,13-14H2,2H3. The van der Waals surface area contributed by atoms with E-state index in [-0.39, 0.29) is 11.7 Å². The molecule has 0 amide bonds. The summed E-state index contributed by atoms with van der Waals surface area (Å²) in [7, 11) is 0. The highest BCUT2D eigenvalue weighted by Gasteiger charge is 2.03. The molecule has 8 heteroatoms. The number of rotatable bonds is 10. The van der Waals surface area contributed by atoms with Crippen LogP contribution in [0.5, 0.6) is 0 Å². The summed E-state index contributed by atoms with van der Waals surface area (Å²) in [6.07, 6.45) is 1.64. The van der Waals surface area contributed by atoms with E-state index < -0.39 is 4.92 Å². The van der Waals surface area contributed by atoms with Gasteiger partial charge in [0.25, 0.3) is 5.69 Å². The maximum Gasteiger partial charge on any atom is 0.333 e. The van der Waals surface area contributed by atoms with Gasteiger partial charge < -0.3 is 10.1 Å². The third kappa shape index (κ3) is 6.99. The molecule has 146 valence electrons. The zero-order valence-electron chi connectivity index (χ0n) is 15.6. The Labute approximate surface area is 163 Å². The summed E-state index contributed by atoms with van der Waals surface area (Å²) in [5.41, 5.74) is 2.59. The van der Waals surface area contributed by atoms with E-state index in [9.17, 15) is 14.9 Å². The molecule has 8 nitrogen and oxygen atoms in total. The van der Waals surface area contributed by atoms with Gasteiger partial charge in [-0.25, -0.2) is 4.79 Å². The van der Waals surface area contributed by atoms with Crippen molar-refractivity contribution in [3.63, 3.8) is 0 Å². The first-order valence-electron chi connectivity index (χ1n) is 8.78. The quantitative estimate of drug-likeness (QED) is 0.149. The van der Waals surface area contributed by atoms with E-state index in [4.69, 9.17) is 4.74 Å². The van der Waals surface area contributed by atoms with Gasteiger partial charge in [0, 0.05) is 29.9 Å². The van der Waals surface area contributed by atoms with Crippen LogP contribution in [0.4, 0.5) is 22.7 Å². The van der Waals surface area contributed by atoms with Gasteiger partial charge in [0.2, 0.25) is 0 Å². The Balaban J connectivity index is 1.73. The molecule has 0 aromatic heterocycles. The van der Waals surface area contributed by atoms with Crippen LogP contribution >= 0.6 is 0 Å². The number of esters is 1. The number of ether oxygens (including phenoxy) is 1. The van der Waals surface area contributed by atoms with Crippen LogP contribution in [0.3, 0.4) is 0 Å². The zero-order valence-corrected chi connectivity index (χ0v) is 15.6. The number of anilines is 1. The number of hydrogen-bond donors (Lipinski definition) is 1. The van der Waals surface area contributed by atoms with Crippen molar-refractivity contribution in [2.24, 2.45) is 10.2 Å². The molecular weight excluding hydrogens is 360 g/mol. The summed E-state index contributed by atoms with van der Waals surface area (Å²) in [4.78, 5) is 21.4. The van der Waals surface area contributed by atoms with Gasteiger partial charge in [0.05, 0.1) is 22.9 Å². The van der Waals surface area contributed by atoms with E-state index in [2.05, 4.69) is 22.1 Å². The highest BCUT2D eigenvalue weighted by Crippen LogP contribution is 2.22. The Hall–Kier alpha value is -3.55. The number of non-ortho nitro benzene ring substituents is 1. The van der Waals surface area contributed by atoms with Crippen LogP contribution in [-0.4, -0.2) is 24.0 Å². The van der Waals surface area contributed by atoms with Crippen LogP contribution in [0.2, 0.25) is 0 Å². The smallest absolute Gasteiger partial charge is 0.333 e. The Kier molecular flexibility index (Phi) is 7.83. The van der Waals surface area contributed by atoms with Gasteiger partial charge >= 0.3 is 5.97 Å². The van der Waals surface area contributed by atoms with Crippen LogP contribution in [0.1, 0.15) is 19.8 Å². The van der Waals surface area contributed by atoms with Gasteiger partial charge in [-0.15, -0.1) is 0 Å². The second-order valence-corrected chi connectivity index (χ2v) is 6.07. The summed E-state index contributed by atoms with van der Waals surface area (Å²) in [5.74, 6) is -0.355. The van der Waals surface area contributed by atoms with Crippen LogP contribution in [0.25, 0.3) is 0 Å². The molecule has 0 spiro atoms. The molecule has 0 atom stereocenters. The molecule has 2 aromatic carbocycles. The number of unbranched alkanes of at least 4 members (excludes halogenated alkanes) is 1. The first-order valence-corrected chi connectivity index (χ1v) is 8.78. The molecule has 0 aliphatic carbocycles. The van der Waals surface area contributed by atoms with E-state index >= 15 is 0 Å². The Morgan fingerprint density at radius 1 is 1.07 bits per heavy atom. The monoisotopic (exact) mass is 382 g/mol. The molecule has 2 aromatic rings. The molecule has 28 heavy (non-hydrogen) atoms. The van der Waals surface area contributed by atoms with E-state index in [1.807, 2.05) is 24.3 Å². The number of azo groups is 1. The fraction of sp³-hybridized carbons (Fsp3) is 0.250. The number of carbonyl (C=O) groups is 1. The largest absolute Gasteiger partial charge is 0.462 e. The van der Waals surface area contributed by atoms with Crippen molar-refractivity contribution in [3.8, 4) is 0 Å². The minimum absolute atomic E-state index is 0.0170. The number of nitrogens with one attached hydrogen (secondary N) is 1. The maximum absolute atomic E-state index is 11.2. The highest BCUT2D eigenvalue weighted by molar-refractivity contribution is 5.86. The van der Waals surface area contributed by atoms with Gasteiger partial charge in [-0.3, -0.25) is 10.1 Å². The second kappa shape index (κ2) is 10.6. The van der Waals surface area contributed by atoms with Crippen molar-refractivity contribution in [1.82, 2.24) is 0 Å². The average Bonchev–Trinajstić information content (AvgIpc) is 2.69. The third-order valence-corrected chi connectivity index (χ3v) is 3.69. The SMILES string of the molecule is C=C(C)C(=O)OCCCCNc1ccc(N=Nc2ccc([N+](=O)[O-])cc2)cc1. The molecule has 0 radical (unpaired) electrons. The van der Waals surface area contributed by atoms with E-state index in [1.165, 1.54) is 12.1 Å². The molecule has 2 rings (SSSR count). The minimum atomic E-state index is -0.457. The van der Waals surface area contributed by atoms with Crippen molar-refractivity contribution >= 4 is 28.7 Å². The first-order chi connectivity index (χ1) is 13.5. The lowest BCUT2D eigenvalue weighted by atomic mass is 10.2. The summed E-state index contributed by atoms with van der Waals surface area (Å²) >= 11 is 0. The number of hydrogen-bond acceptors (Lipinski definition) is 7. The fourth-order valence-corrected chi connectivity index (χ4v) is 2.15. The Morgan fingerprint density at radius 2 is 1.64 bits per heavy atom. The first kappa shape index (κ1) is 20.8. The lowest BCUT2D eigenvalue weighted by Crippen LogP contribution is -2.08. The van der Waals surface area contributed by atoms with E-state index in [0.29, 0.717) is 23.6 Å². The van der Waals surface area contributed by atoms with Crippen molar-refractivity contribution in [2.45, 2.75) is 19.8 Å². The third-order valence-electron chi connectivity index (χ3n) is 3.69. The van der Waals surface area contributed by atoms with E-state index in [1.54, 1.807) is 19.1 Å². The predicted molar refractivity (Wildman–Crippen MR) is 107 cm³/mol. The lowest BCUT2D eigenvalue weighted by Gasteiger charge is -2.07. The van der Waals surface area contributed by atoms with Crippen molar-refractivity contribution in [1.29, 1.82) is 0 Å². The molecule has 0 saturated heterocycles. The second-order valence-electron chi connectivity index (χ2n) is 6.07. The molecule has 1 N–H and O–H groups in total.